The Morgan fingerprint density at radius 3 is 2.42 bits per heavy atom. The quantitative estimate of drug-likeness (QED) is 0.656. The van der Waals surface area contributed by atoms with Gasteiger partial charge in [-0.1, -0.05) is 18.2 Å². The van der Waals surface area contributed by atoms with Gasteiger partial charge in [0.1, 0.15) is 5.82 Å². The summed E-state index contributed by atoms with van der Waals surface area (Å²) in [6, 6.07) is 10.8. The van der Waals surface area contributed by atoms with Gasteiger partial charge < -0.3 is 16.0 Å². The van der Waals surface area contributed by atoms with Crippen molar-refractivity contribution in [3.8, 4) is 0 Å². The van der Waals surface area contributed by atoms with Crippen molar-refractivity contribution in [1.29, 1.82) is 0 Å². The first-order valence-electron chi connectivity index (χ1n) is 7.79. The van der Waals surface area contributed by atoms with Crippen LogP contribution in [0.25, 0.3) is 0 Å². The highest BCUT2D eigenvalue weighted by Crippen LogP contribution is 2.23. The van der Waals surface area contributed by atoms with Crippen molar-refractivity contribution in [3.63, 3.8) is 0 Å². The zero-order chi connectivity index (χ0) is 17.4. The number of hydrogen-bond acceptors (Lipinski definition) is 4. The fourth-order valence-corrected chi connectivity index (χ4v) is 2.06. The molecule has 7 heteroatoms. The summed E-state index contributed by atoms with van der Waals surface area (Å²) in [5.41, 5.74) is 1.80. The second kappa shape index (κ2) is 8.52. The van der Waals surface area contributed by atoms with Crippen LogP contribution < -0.4 is 21.3 Å². The van der Waals surface area contributed by atoms with E-state index in [0.29, 0.717) is 30.2 Å². The van der Waals surface area contributed by atoms with E-state index < -0.39 is 0 Å². The van der Waals surface area contributed by atoms with Gasteiger partial charge in [-0.3, -0.25) is 10.1 Å². The number of anilines is 3. The van der Waals surface area contributed by atoms with Crippen molar-refractivity contribution in [3.05, 3.63) is 48.2 Å². The minimum Gasteiger partial charge on any atom is -0.355 e. The highest BCUT2D eigenvalue weighted by molar-refractivity contribution is 6.01. The summed E-state index contributed by atoms with van der Waals surface area (Å²) in [6.45, 7) is 4.70. The lowest BCUT2D eigenvalue weighted by atomic mass is 10.2. The van der Waals surface area contributed by atoms with Crippen LogP contribution in [0.4, 0.5) is 22.0 Å². The van der Waals surface area contributed by atoms with Crippen molar-refractivity contribution < 1.29 is 9.59 Å². The molecule has 4 N–H and O–H groups in total. The number of carbonyl (C=O) groups is 2. The van der Waals surface area contributed by atoms with E-state index in [0.717, 1.165) is 5.69 Å². The van der Waals surface area contributed by atoms with Gasteiger partial charge in [-0.2, -0.15) is 0 Å². The molecule has 0 aliphatic heterocycles. The number of nitrogens with one attached hydrogen (secondary N) is 4. The molecule has 126 valence electrons. The maximum Gasteiger partial charge on any atom is 0.320 e. The summed E-state index contributed by atoms with van der Waals surface area (Å²) < 4.78 is 0. The summed E-state index contributed by atoms with van der Waals surface area (Å²) in [5, 5.41) is 11.2. The number of urea groups is 1. The SMILES string of the molecule is CCNC(=O)Nc1cc(Nc2ccccc2)c(C(=O)NCC)cn1. The van der Waals surface area contributed by atoms with Crippen molar-refractivity contribution in [1.82, 2.24) is 15.6 Å². The first-order chi connectivity index (χ1) is 11.6. The number of amides is 3. The maximum atomic E-state index is 12.2. The Morgan fingerprint density at radius 1 is 1.04 bits per heavy atom. The third kappa shape index (κ3) is 4.70. The minimum atomic E-state index is -0.346. The van der Waals surface area contributed by atoms with Gasteiger partial charge in [-0.25, -0.2) is 9.78 Å². The number of hydrogen-bond donors (Lipinski definition) is 4. The Morgan fingerprint density at radius 2 is 1.75 bits per heavy atom. The molecule has 0 radical (unpaired) electrons. The molecule has 0 unspecified atom stereocenters. The molecule has 24 heavy (non-hydrogen) atoms. The molecule has 0 bridgehead atoms. The molecule has 0 saturated carbocycles. The van der Waals surface area contributed by atoms with Gasteiger partial charge in [0.25, 0.3) is 5.91 Å². The number of pyridine rings is 1. The van der Waals surface area contributed by atoms with E-state index in [1.54, 1.807) is 6.07 Å². The van der Waals surface area contributed by atoms with E-state index in [-0.39, 0.29) is 11.9 Å². The Labute approximate surface area is 140 Å². The molecule has 3 amide bonds. The van der Waals surface area contributed by atoms with Crippen LogP contribution in [0.15, 0.2) is 42.6 Å². The fourth-order valence-electron chi connectivity index (χ4n) is 2.06. The molecule has 0 spiro atoms. The van der Waals surface area contributed by atoms with Crippen molar-refractivity contribution >= 4 is 29.1 Å². The Kier molecular flexibility index (Phi) is 6.13. The molecule has 7 nitrogen and oxygen atoms in total. The van der Waals surface area contributed by atoms with Crippen molar-refractivity contribution in [2.45, 2.75) is 13.8 Å². The number of para-hydroxylation sites is 1. The van der Waals surface area contributed by atoms with E-state index in [4.69, 9.17) is 0 Å². The van der Waals surface area contributed by atoms with E-state index in [1.807, 2.05) is 44.2 Å². The molecule has 1 aromatic carbocycles. The van der Waals surface area contributed by atoms with Crippen LogP contribution in [-0.4, -0.2) is 30.0 Å². The molecule has 2 aromatic rings. The number of benzene rings is 1. The number of nitrogens with zero attached hydrogens (tertiary/aromatic N) is 1. The first-order valence-corrected chi connectivity index (χ1v) is 7.79. The van der Waals surface area contributed by atoms with E-state index in [9.17, 15) is 9.59 Å². The van der Waals surface area contributed by atoms with Gasteiger partial charge in [-0.05, 0) is 26.0 Å². The standard InChI is InChI=1S/C17H21N5O2/c1-3-18-16(23)13-11-20-15(22-17(24)19-4-2)10-14(13)21-12-8-6-5-7-9-12/h5-11H,3-4H2,1-2H3,(H,18,23)(H3,19,20,21,22,24). The Hall–Kier alpha value is -3.09. The van der Waals surface area contributed by atoms with Gasteiger partial charge in [0.05, 0.1) is 11.3 Å². The van der Waals surface area contributed by atoms with Crippen LogP contribution in [0.3, 0.4) is 0 Å². The topological polar surface area (TPSA) is 95.2 Å². The Bertz CT molecular complexity index is 703. The van der Waals surface area contributed by atoms with Crippen molar-refractivity contribution in [2.24, 2.45) is 0 Å². The molecule has 1 aromatic heterocycles. The normalized spacial score (nSPS) is 9.92. The van der Waals surface area contributed by atoms with Gasteiger partial charge >= 0.3 is 6.03 Å². The molecular weight excluding hydrogens is 306 g/mol. The monoisotopic (exact) mass is 327 g/mol. The molecule has 0 aliphatic rings. The van der Waals surface area contributed by atoms with Gasteiger partial charge in [0.15, 0.2) is 0 Å². The Balaban J connectivity index is 2.30. The van der Waals surface area contributed by atoms with Crippen LogP contribution in [-0.2, 0) is 0 Å². The average molecular weight is 327 g/mol. The fraction of sp³-hybridized carbons (Fsp3) is 0.235. The highest BCUT2D eigenvalue weighted by Gasteiger charge is 2.14. The lowest BCUT2D eigenvalue weighted by molar-refractivity contribution is 0.0956. The van der Waals surface area contributed by atoms with Gasteiger partial charge in [0, 0.05) is 31.0 Å². The lowest BCUT2D eigenvalue weighted by Crippen LogP contribution is -2.29. The predicted octanol–water partition coefficient (Wildman–Crippen LogP) is 2.72. The lowest BCUT2D eigenvalue weighted by Gasteiger charge is -2.13. The largest absolute Gasteiger partial charge is 0.355 e. The maximum absolute atomic E-state index is 12.2. The van der Waals surface area contributed by atoms with Gasteiger partial charge in [-0.15, -0.1) is 0 Å². The molecule has 2 rings (SSSR count). The molecule has 0 saturated heterocycles. The smallest absolute Gasteiger partial charge is 0.320 e. The van der Waals surface area contributed by atoms with E-state index in [1.165, 1.54) is 6.20 Å². The third-order valence-electron chi connectivity index (χ3n) is 3.12. The minimum absolute atomic E-state index is 0.229. The zero-order valence-corrected chi connectivity index (χ0v) is 13.7. The second-order valence-electron chi connectivity index (χ2n) is 4.95. The van der Waals surface area contributed by atoms with Crippen LogP contribution in [0.2, 0.25) is 0 Å². The number of rotatable bonds is 6. The van der Waals surface area contributed by atoms with Crippen LogP contribution in [0.5, 0.6) is 0 Å². The summed E-state index contributed by atoms with van der Waals surface area (Å²) in [7, 11) is 0. The number of aromatic nitrogens is 1. The molecule has 0 fully saturated rings. The zero-order valence-electron chi connectivity index (χ0n) is 13.7. The van der Waals surface area contributed by atoms with Crippen LogP contribution in [0.1, 0.15) is 24.2 Å². The predicted molar refractivity (Wildman–Crippen MR) is 94.7 cm³/mol. The third-order valence-corrected chi connectivity index (χ3v) is 3.12. The summed E-state index contributed by atoms with van der Waals surface area (Å²) in [5.74, 6) is 0.125. The average Bonchev–Trinajstić information content (AvgIpc) is 2.56. The summed E-state index contributed by atoms with van der Waals surface area (Å²) in [6.07, 6.45) is 1.44. The molecular formula is C17H21N5O2. The van der Waals surface area contributed by atoms with Crippen molar-refractivity contribution in [2.75, 3.05) is 23.7 Å². The highest BCUT2D eigenvalue weighted by atomic mass is 16.2. The van der Waals surface area contributed by atoms with E-state index >= 15 is 0 Å². The summed E-state index contributed by atoms with van der Waals surface area (Å²) in [4.78, 5) is 28.0. The molecule has 0 aliphatic carbocycles. The first kappa shape index (κ1) is 17.3. The summed E-state index contributed by atoms with van der Waals surface area (Å²) >= 11 is 0. The van der Waals surface area contributed by atoms with Crippen LogP contribution >= 0.6 is 0 Å². The number of carbonyl (C=O) groups excluding carboxylic acids is 2. The van der Waals surface area contributed by atoms with E-state index in [2.05, 4.69) is 26.3 Å². The second-order valence-corrected chi connectivity index (χ2v) is 4.95. The van der Waals surface area contributed by atoms with Crippen LogP contribution in [0, 0.1) is 0 Å². The molecule has 1 heterocycles. The molecule has 0 atom stereocenters. The van der Waals surface area contributed by atoms with Gasteiger partial charge in [0.2, 0.25) is 0 Å².